The maximum atomic E-state index is 5.99. The van der Waals surface area contributed by atoms with Crippen LogP contribution in [0.3, 0.4) is 0 Å². The average Bonchev–Trinajstić information content (AvgIpc) is 2.47. The molecule has 1 aromatic carbocycles. The second-order valence-electron chi connectivity index (χ2n) is 5.43. The molecule has 2 unspecified atom stereocenters. The Bertz CT molecular complexity index is 395. The number of hydrogen-bond donors (Lipinski definition) is 1. The maximum absolute atomic E-state index is 5.99. The van der Waals surface area contributed by atoms with E-state index in [2.05, 4.69) is 60.2 Å². The first-order valence-corrected chi connectivity index (χ1v) is 8.51. The van der Waals surface area contributed by atoms with Gasteiger partial charge in [-0.15, -0.1) is 0 Å². The van der Waals surface area contributed by atoms with Crippen LogP contribution < -0.4 is 10.1 Å². The summed E-state index contributed by atoms with van der Waals surface area (Å²) in [5.74, 6) is 1.62. The SMILES string of the molecule is CCCCC(CC)COc1ccc(C(C)NC)cc1Br. The molecule has 2 atom stereocenters. The van der Waals surface area contributed by atoms with Crippen molar-refractivity contribution in [2.24, 2.45) is 5.92 Å². The molecular weight excluding hydrogens is 314 g/mol. The van der Waals surface area contributed by atoms with E-state index >= 15 is 0 Å². The molecule has 0 fully saturated rings. The minimum Gasteiger partial charge on any atom is -0.492 e. The van der Waals surface area contributed by atoms with E-state index in [-0.39, 0.29) is 0 Å². The molecule has 0 amide bonds. The molecule has 0 aliphatic heterocycles. The molecule has 114 valence electrons. The summed E-state index contributed by atoms with van der Waals surface area (Å²) in [6, 6.07) is 6.70. The Kier molecular flexibility index (Phi) is 8.24. The van der Waals surface area contributed by atoms with Crippen LogP contribution in [0.4, 0.5) is 0 Å². The molecule has 0 aliphatic carbocycles. The number of ether oxygens (including phenoxy) is 1. The predicted molar refractivity (Wildman–Crippen MR) is 90.4 cm³/mol. The van der Waals surface area contributed by atoms with Crippen molar-refractivity contribution >= 4 is 15.9 Å². The Morgan fingerprint density at radius 1 is 1.30 bits per heavy atom. The highest BCUT2D eigenvalue weighted by Crippen LogP contribution is 2.29. The van der Waals surface area contributed by atoms with E-state index in [4.69, 9.17) is 4.74 Å². The molecule has 1 aromatic rings. The number of hydrogen-bond acceptors (Lipinski definition) is 2. The van der Waals surface area contributed by atoms with Crippen molar-refractivity contribution in [3.63, 3.8) is 0 Å². The first-order chi connectivity index (χ1) is 9.62. The Balaban J connectivity index is 2.59. The molecule has 0 saturated carbocycles. The minimum absolute atomic E-state index is 0.355. The molecule has 0 spiro atoms. The molecule has 3 heteroatoms. The Labute approximate surface area is 132 Å². The summed E-state index contributed by atoms with van der Waals surface area (Å²) < 4.78 is 7.03. The molecular formula is C17H28BrNO. The van der Waals surface area contributed by atoms with Gasteiger partial charge in [0.2, 0.25) is 0 Å². The highest BCUT2D eigenvalue weighted by molar-refractivity contribution is 9.10. The van der Waals surface area contributed by atoms with Crippen LogP contribution >= 0.6 is 15.9 Å². The third kappa shape index (κ3) is 5.45. The van der Waals surface area contributed by atoms with Gasteiger partial charge in [0.25, 0.3) is 0 Å². The van der Waals surface area contributed by atoms with Crippen LogP contribution in [0, 0.1) is 5.92 Å². The first-order valence-electron chi connectivity index (χ1n) is 7.71. The summed E-state index contributed by atoms with van der Waals surface area (Å²) in [6.07, 6.45) is 5.00. The fraction of sp³-hybridized carbons (Fsp3) is 0.647. The molecule has 0 aromatic heterocycles. The van der Waals surface area contributed by atoms with Gasteiger partial charge in [-0.2, -0.15) is 0 Å². The van der Waals surface area contributed by atoms with Gasteiger partial charge in [-0.25, -0.2) is 0 Å². The smallest absolute Gasteiger partial charge is 0.133 e. The average molecular weight is 342 g/mol. The minimum atomic E-state index is 0.355. The zero-order chi connectivity index (χ0) is 15.0. The number of benzene rings is 1. The van der Waals surface area contributed by atoms with Gasteiger partial charge in [0.15, 0.2) is 0 Å². The van der Waals surface area contributed by atoms with Crippen LogP contribution in [0.15, 0.2) is 22.7 Å². The van der Waals surface area contributed by atoms with E-state index in [1.54, 1.807) is 0 Å². The number of unbranched alkanes of at least 4 members (excludes halogenated alkanes) is 1. The van der Waals surface area contributed by atoms with Crippen molar-refractivity contribution in [2.75, 3.05) is 13.7 Å². The second kappa shape index (κ2) is 9.41. The zero-order valence-electron chi connectivity index (χ0n) is 13.2. The molecule has 0 heterocycles. The van der Waals surface area contributed by atoms with Crippen LogP contribution in [0.2, 0.25) is 0 Å². The molecule has 0 aliphatic rings. The Morgan fingerprint density at radius 2 is 2.05 bits per heavy atom. The lowest BCUT2D eigenvalue weighted by Gasteiger charge is -2.17. The van der Waals surface area contributed by atoms with Gasteiger partial charge in [0.1, 0.15) is 5.75 Å². The van der Waals surface area contributed by atoms with Crippen LogP contribution in [-0.2, 0) is 0 Å². The van der Waals surface area contributed by atoms with Gasteiger partial charge in [-0.3, -0.25) is 0 Å². The number of nitrogens with one attached hydrogen (secondary N) is 1. The summed E-state index contributed by atoms with van der Waals surface area (Å²) in [5, 5.41) is 3.25. The Morgan fingerprint density at radius 3 is 2.60 bits per heavy atom. The summed E-state index contributed by atoms with van der Waals surface area (Å²) in [6.45, 7) is 7.46. The summed E-state index contributed by atoms with van der Waals surface area (Å²) in [5.41, 5.74) is 1.27. The van der Waals surface area contributed by atoms with E-state index in [0.717, 1.165) is 16.8 Å². The first kappa shape index (κ1) is 17.5. The van der Waals surface area contributed by atoms with Gasteiger partial charge in [0.05, 0.1) is 11.1 Å². The van der Waals surface area contributed by atoms with Gasteiger partial charge >= 0.3 is 0 Å². The van der Waals surface area contributed by atoms with E-state index < -0.39 is 0 Å². The zero-order valence-corrected chi connectivity index (χ0v) is 14.8. The fourth-order valence-electron chi connectivity index (χ4n) is 2.18. The molecule has 1 N–H and O–H groups in total. The van der Waals surface area contributed by atoms with Crippen molar-refractivity contribution in [3.8, 4) is 5.75 Å². The van der Waals surface area contributed by atoms with Crippen LogP contribution in [-0.4, -0.2) is 13.7 Å². The normalized spacial score (nSPS) is 14.1. The van der Waals surface area contributed by atoms with Crippen molar-refractivity contribution in [2.45, 2.75) is 52.5 Å². The lowest BCUT2D eigenvalue weighted by Crippen LogP contribution is -2.13. The molecule has 0 saturated heterocycles. The van der Waals surface area contributed by atoms with Crippen LogP contribution in [0.1, 0.15) is 58.1 Å². The van der Waals surface area contributed by atoms with E-state index in [1.807, 2.05) is 7.05 Å². The largest absolute Gasteiger partial charge is 0.492 e. The monoisotopic (exact) mass is 341 g/mol. The molecule has 1 rings (SSSR count). The molecule has 0 bridgehead atoms. The predicted octanol–water partition coefficient (Wildman–Crippen LogP) is 5.32. The molecule has 0 radical (unpaired) electrons. The highest BCUT2D eigenvalue weighted by Gasteiger charge is 2.10. The topological polar surface area (TPSA) is 21.3 Å². The maximum Gasteiger partial charge on any atom is 0.133 e. The molecule has 2 nitrogen and oxygen atoms in total. The Hall–Kier alpha value is -0.540. The number of halogens is 1. The highest BCUT2D eigenvalue weighted by atomic mass is 79.9. The third-order valence-electron chi connectivity index (χ3n) is 3.91. The van der Waals surface area contributed by atoms with Gasteiger partial charge < -0.3 is 10.1 Å². The van der Waals surface area contributed by atoms with Gasteiger partial charge in [-0.05, 0) is 59.9 Å². The molecule has 20 heavy (non-hydrogen) atoms. The summed E-state index contributed by atoms with van der Waals surface area (Å²) >= 11 is 3.62. The third-order valence-corrected chi connectivity index (χ3v) is 4.53. The van der Waals surface area contributed by atoms with Crippen LogP contribution in [0.5, 0.6) is 5.75 Å². The summed E-state index contributed by atoms with van der Waals surface area (Å²) in [4.78, 5) is 0. The van der Waals surface area contributed by atoms with E-state index in [1.165, 1.54) is 31.2 Å². The van der Waals surface area contributed by atoms with Gasteiger partial charge in [-0.1, -0.05) is 39.2 Å². The van der Waals surface area contributed by atoms with Crippen molar-refractivity contribution in [3.05, 3.63) is 28.2 Å². The standard InChI is InChI=1S/C17H28BrNO/c1-5-7-8-14(6-2)12-20-17-10-9-15(11-16(17)18)13(3)19-4/h9-11,13-14,19H,5-8,12H2,1-4H3. The van der Waals surface area contributed by atoms with Gasteiger partial charge in [0, 0.05) is 6.04 Å². The summed E-state index contributed by atoms with van der Waals surface area (Å²) in [7, 11) is 1.97. The van der Waals surface area contributed by atoms with E-state index in [9.17, 15) is 0 Å². The van der Waals surface area contributed by atoms with Crippen molar-refractivity contribution in [1.29, 1.82) is 0 Å². The van der Waals surface area contributed by atoms with Crippen LogP contribution in [0.25, 0.3) is 0 Å². The van der Waals surface area contributed by atoms with E-state index in [0.29, 0.717) is 12.0 Å². The number of rotatable bonds is 9. The van der Waals surface area contributed by atoms with Crippen molar-refractivity contribution < 1.29 is 4.74 Å². The fourth-order valence-corrected chi connectivity index (χ4v) is 2.69. The lowest BCUT2D eigenvalue weighted by molar-refractivity contribution is 0.232. The van der Waals surface area contributed by atoms with Crippen molar-refractivity contribution in [1.82, 2.24) is 5.32 Å². The quantitative estimate of drug-likeness (QED) is 0.655. The second-order valence-corrected chi connectivity index (χ2v) is 6.28. The lowest BCUT2D eigenvalue weighted by atomic mass is 10.0.